The summed E-state index contributed by atoms with van der Waals surface area (Å²) < 4.78 is 0. The molecule has 0 spiro atoms. The van der Waals surface area contributed by atoms with Crippen LogP contribution < -0.4 is 0 Å². The van der Waals surface area contributed by atoms with E-state index in [9.17, 15) is 4.79 Å². The van der Waals surface area contributed by atoms with Crippen molar-refractivity contribution in [2.24, 2.45) is 0 Å². The van der Waals surface area contributed by atoms with Gasteiger partial charge in [0.05, 0.1) is 0 Å². The van der Waals surface area contributed by atoms with Crippen molar-refractivity contribution in [3.8, 4) is 35.7 Å². The maximum Gasteiger partial charge on any atom is 0.234 e. The van der Waals surface area contributed by atoms with Gasteiger partial charge in [-0.1, -0.05) is 0 Å². The molecule has 2 heterocycles. The molecule has 9 heteroatoms. The molecule has 9 nitrogen and oxygen atoms in total. The molecule has 0 saturated heterocycles. The number of carbonyl (C=O) groups excluding carboxylic acids is 1. The Balaban J connectivity index is 2.39. The van der Waals surface area contributed by atoms with Gasteiger partial charge in [-0.3, -0.25) is 4.79 Å². The van der Waals surface area contributed by atoms with Gasteiger partial charge in [0.2, 0.25) is 5.78 Å². The van der Waals surface area contributed by atoms with E-state index in [-0.39, 0.29) is 45.6 Å². The van der Waals surface area contributed by atoms with Gasteiger partial charge in [-0.25, -0.2) is 19.9 Å². The number of nitriles is 4. The molecule has 0 aromatic carbocycles. The highest BCUT2D eigenvalue weighted by Gasteiger charge is 2.35. The molecule has 1 aliphatic rings. The van der Waals surface area contributed by atoms with Gasteiger partial charge in [0.15, 0.2) is 22.8 Å². The molecule has 0 amide bonds. The molecule has 1 aliphatic carbocycles. The minimum atomic E-state index is -0.660. The molecule has 98 valence electrons. The number of carbonyl (C=O) groups is 1. The smallest absolute Gasteiger partial charge is 0.234 e. The van der Waals surface area contributed by atoms with E-state index in [1.807, 2.05) is 0 Å². The number of hydrogen-bond donors (Lipinski definition) is 0. The second-order valence-electron chi connectivity index (χ2n) is 4.01. The maximum atomic E-state index is 12.2. The van der Waals surface area contributed by atoms with Gasteiger partial charge < -0.3 is 0 Å². The highest BCUT2D eigenvalue weighted by Crippen LogP contribution is 2.32. The standard InChI is InChI=1S/C13N8O/c14-1-5-7(3-16)20-11-9(18-5)10-12(13(11)22)21-8(4-17)6(2-15)19-10. The molecule has 2 aromatic rings. The predicted octanol–water partition coefficient (Wildman–Crippen LogP) is -0.0353. The molecule has 0 unspecified atom stereocenters. The van der Waals surface area contributed by atoms with E-state index in [1.165, 1.54) is 0 Å². The maximum absolute atomic E-state index is 12.2. The number of aromatic nitrogens is 4. The highest BCUT2D eigenvalue weighted by atomic mass is 16.1. The molecule has 0 bridgehead atoms. The SMILES string of the molecule is N#Cc1nc2c(nc1C#N)-c1nc(C#N)c(C#N)nc1C2=O. The zero-order chi connectivity index (χ0) is 15.9. The van der Waals surface area contributed by atoms with E-state index in [0.29, 0.717) is 0 Å². The second-order valence-corrected chi connectivity index (χ2v) is 4.01. The lowest BCUT2D eigenvalue weighted by Crippen LogP contribution is -2.06. The summed E-state index contributed by atoms with van der Waals surface area (Å²) in [6.45, 7) is 0. The van der Waals surface area contributed by atoms with Crippen LogP contribution in [0.3, 0.4) is 0 Å². The molecule has 0 aliphatic heterocycles. The van der Waals surface area contributed by atoms with Crippen LogP contribution in [0.5, 0.6) is 0 Å². The van der Waals surface area contributed by atoms with E-state index in [4.69, 9.17) is 21.0 Å². The third-order valence-corrected chi connectivity index (χ3v) is 2.87. The van der Waals surface area contributed by atoms with Crippen LogP contribution in [-0.2, 0) is 0 Å². The van der Waals surface area contributed by atoms with Crippen molar-refractivity contribution in [3.05, 3.63) is 34.2 Å². The monoisotopic (exact) mass is 284 g/mol. The Morgan fingerprint density at radius 1 is 0.545 bits per heavy atom. The first kappa shape index (κ1) is 12.8. The fraction of sp³-hybridized carbons (Fsp3) is 0. The van der Waals surface area contributed by atoms with E-state index < -0.39 is 5.78 Å². The predicted molar refractivity (Wildman–Crippen MR) is 65.4 cm³/mol. The van der Waals surface area contributed by atoms with Gasteiger partial charge >= 0.3 is 0 Å². The number of rotatable bonds is 0. The lowest BCUT2D eigenvalue weighted by molar-refractivity contribution is 0.103. The van der Waals surface area contributed by atoms with Crippen LogP contribution in [0.25, 0.3) is 11.4 Å². The zero-order valence-electron chi connectivity index (χ0n) is 10.5. The van der Waals surface area contributed by atoms with Crippen LogP contribution in [0.4, 0.5) is 0 Å². The van der Waals surface area contributed by atoms with Gasteiger partial charge in [-0.2, -0.15) is 21.0 Å². The first-order valence-corrected chi connectivity index (χ1v) is 5.64. The molecule has 0 saturated carbocycles. The van der Waals surface area contributed by atoms with E-state index in [1.54, 1.807) is 24.3 Å². The number of fused-ring (bicyclic) bond motifs is 3. The van der Waals surface area contributed by atoms with E-state index in [2.05, 4.69) is 19.9 Å². The Labute approximate surface area is 122 Å². The fourth-order valence-electron chi connectivity index (χ4n) is 1.94. The Morgan fingerprint density at radius 2 is 0.818 bits per heavy atom. The van der Waals surface area contributed by atoms with Gasteiger partial charge in [-0.15, -0.1) is 0 Å². The van der Waals surface area contributed by atoms with Crippen LogP contribution in [0, 0.1) is 45.3 Å². The van der Waals surface area contributed by atoms with E-state index in [0.717, 1.165) is 0 Å². The third kappa shape index (κ3) is 1.51. The molecule has 0 fully saturated rings. The largest absolute Gasteiger partial charge is 0.285 e. The molecule has 0 atom stereocenters. The molecule has 2 aromatic heterocycles. The molecule has 22 heavy (non-hydrogen) atoms. The molecule has 3 rings (SSSR count). The summed E-state index contributed by atoms with van der Waals surface area (Å²) >= 11 is 0. The molecule has 0 radical (unpaired) electrons. The summed E-state index contributed by atoms with van der Waals surface area (Å²) in [5.74, 6) is -0.660. The van der Waals surface area contributed by atoms with E-state index >= 15 is 0 Å². The second kappa shape index (κ2) is 4.42. The first-order chi connectivity index (χ1) is 10.6. The van der Waals surface area contributed by atoms with Gasteiger partial charge in [0.1, 0.15) is 47.1 Å². The Hall–Kier alpha value is -4.21. The normalized spacial score (nSPS) is 10.6. The van der Waals surface area contributed by atoms with Gasteiger partial charge in [-0.05, 0) is 0 Å². The fourth-order valence-corrected chi connectivity index (χ4v) is 1.94. The molecular weight excluding hydrogens is 284 g/mol. The minimum Gasteiger partial charge on any atom is -0.285 e. The summed E-state index contributed by atoms with van der Waals surface area (Å²) in [4.78, 5) is 27.7. The summed E-state index contributed by atoms with van der Waals surface area (Å²) in [7, 11) is 0. The number of ketones is 1. The van der Waals surface area contributed by atoms with Crippen molar-refractivity contribution < 1.29 is 4.79 Å². The Kier molecular flexibility index (Phi) is 2.57. The van der Waals surface area contributed by atoms with Crippen LogP contribution in [0.1, 0.15) is 39.0 Å². The number of nitrogens with zero attached hydrogens (tertiary/aromatic N) is 8. The Morgan fingerprint density at radius 3 is 1.09 bits per heavy atom. The zero-order valence-corrected chi connectivity index (χ0v) is 10.5. The van der Waals surface area contributed by atoms with Crippen LogP contribution in [0.15, 0.2) is 0 Å². The van der Waals surface area contributed by atoms with Crippen LogP contribution in [-0.4, -0.2) is 25.7 Å². The van der Waals surface area contributed by atoms with Crippen LogP contribution in [0.2, 0.25) is 0 Å². The van der Waals surface area contributed by atoms with Crippen molar-refractivity contribution in [3.63, 3.8) is 0 Å². The van der Waals surface area contributed by atoms with Crippen molar-refractivity contribution >= 4 is 5.78 Å². The van der Waals surface area contributed by atoms with Gasteiger partial charge in [0.25, 0.3) is 0 Å². The lowest BCUT2D eigenvalue weighted by atomic mass is 10.2. The molecule has 0 N–H and O–H groups in total. The highest BCUT2D eigenvalue weighted by molar-refractivity contribution is 6.18. The topological polar surface area (TPSA) is 164 Å². The summed E-state index contributed by atoms with van der Waals surface area (Å²) in [5.41, 5.74) is -1.49. The first-order valence-electron chi connectivity index (χ1n) is 5.64. The van der Waals surface area contributed by atoms with Crippen molar-refractivity contribution in [2.45, 2.75) is 0 Å². The molecular formula is C13N8O. The van der Waals surface area contributed by atoms with Crippen molar-refractivity contribution in [1.29, 1.82) is 21.0 Å². The summed E-state index contributed by atoms with van der Waals surface area (Å²) in [5, 5.41) is 35.7. The summed E-state index contributed by atoms with van der Waals surface area (Å²) in [6.07, 6.45) is 0. The minimum absolute atomic E-state index is 0.0240. The Bertz CT molecular complexity index is 959. The average Bonchev–Trinajstić information content (AvgIpc) is 2.83. The average molecular weight is 284 g/mol. The van der Waals surface area contributed by atoms with Gasteiger partial charge in [0, 0.05) is 0 Å². The van der Waals surface area contributed by atoms with Crippen molar-refractivity contribution in [2.75, 3.05) is 0 Å². The third-order valence-electron chi connectivity index (χ3n) is 2.87. The summed E-state index contributed by atoms with van der Waals surface area (Å²) in [6, 6.07) is 6.75. The number of hydrogen-bond acceptors (Lipinski definition) is 9. The quantitative estimate of drug-likeness (QED) is 0.550. The van der Waals surface area contributed by atoms with Crippen LogP contribution >= 0.6 is 0 Å². The van der Waals surface area contributed by atoms with Crippen molar-refractivity contribution in [1.82, 2.24) is 19.9 Å². The lowest BCUT2D eigenvalue weighted by Gasteiger charge is -2.00.